The lowest BCUT2D eigenvalue weighted by Crippen LogP contribution is -2.39. The van der Waals surface area contributed by atoms with E-state index in [0.29, 0.717) is 32.4 Å². The summed E-state index contributed by atoms with van der Waals surface area (Å²) in [5.74, 6) is -0.689. The predicted molar refractivity (Wildman–Crippen MR) is 92.1 cm³/mol. The standard InChI is InChI=1S/C17H23F3N4O3/c1-16(2,27-15(22)26)9-10-5-7-24(8-6-10)14-11(13(21)25)3-4-12(23-14)17(18,19)20/h3-4,10H,5-9H2,1-2H3,(H2,21,25)(H2,22,26). The van der Waals surface area contributed by atoms with Crippen LogP contribution in [0.15, 0.2) is 12.1 Å². The SMILES string of the molecule is CC(C)(CC1CCN(c2nc(C(F)(F)F)ccc2C(N)=O)CC1)OC(N)=O. The van der Waals surface area contributed by atoms with Crippen molar-refractivity contribution in [2.24, 2.45) is 17.4 Å². The van der Waals surface area contributed by atoms with Crippen LogP contribution in [0, 0.1) is 5.92 Å². The summed E-state index contributed by atoms with van der Waals surface area (Å²) in [4.78, 5) is 27.8. The van der Waals surface area contributed by atoms with Crippen LogP contribution >= 0.6 is 0 Å². The third-order valence-corrected chi connectivity index (χ3v) is 4.50. The fourth-order valence-electron chi connectivity index (χ4n) is 3.40. The zero-order chi connectivity index (χ0) is 20.4. The predicted octanol–water partition coefficient (Wildman–Crippen LogP) is 2.68. The number of piperidine rings is 1. The van der Waals surface area contributed by atoms with E-state index in [1.807, 2.05) is 0 Å². The van der Waals surface area contributed by atoms with E-state index in [-0.39, 0.29) is 17.3 Å². The van der Waals surface area contributed by atoms with Gasteiger partial charge < -0.3 is 21.1 Å². The van der Waals surface area contributed by atoms with E-state index in [9.17, 15) is 22.8 Å². The number of aromatic nitrogens is 1. The molecule has 1 aliphatic heterocycles. The van der Waals surface area contributed by atoms with Gasteiger partial charge in [-0.15, -0.1) is 0 Å². The molecule has 0 saturated carbocycles. The van der Waals surface area contributed by atoms with Gasteiger partial charge in [0.05, 0.1) is 5.56 Å². The van der Waals surface area contributed by atoms with Crippen molar-refractivity contribution < 1.29 is 27.5 Å². The van der Waals surface area contributed by atoms with Crippen molar-refractivity contribution in [2.45, 2.75) is 44.9 Å². The van der Waals surface area contributed by atoms with Crippen molar-refractivity contribution in [3.05, 3.63) is 23.4 Å². The van der Waals surface area contributed by atoms with Crippen molar-refractivity contribution in [2.75, 3.05) is 18.0 Å². The molecule has 0 spiro atoms. The van der Waals surface area contributed by atoms with Crippen LogP contribution in [0.4, 0.5) is 23.8 Å². The minimum absolute atomic E-state index is 0.0427. The molecule has 10 heteroatoms. The van der Waals surface area contributed by atoms with Crippen LogP contribution in [0.25, 0.3) is 0 Å². The number of pyridine rings is 1. The molecule has 0 bridgehead atoms. The lowest BCUT2D eigenvalue weighted by atomic mass is 9.86. The Kier molecular flexibility index (Phi) is 5.86. The number of carbonyl (C=O) groups excluding carboxylic acids is 2. The number of nitrogens with zero attached hydrogens (tertiary/aromatic N) is 2. The molecule has 1 aromatic heterocycles. The van der Waals surface area contributed by atoms with Crippen molar-refractivity contribution in [1.82, 2.24) is 4.98 Å². The van der Waals surface area contributed by atoms with Gasteiger partial charge in [0, 0.05) is 13.1 Å². The number of primary amides is 2. The van der Waals surface area contributed by atoms with Gasteiger partial charge in [-0.1, -0.05) is 0 Å². The Morgan fingerprint density at radius 1 is 1.22 bits per heavy atom. The number of rotatable bonds is 5. The highest BCUT2D eigenvalue weighted by molar-refractivity contribution is 5.97. The average Bonchev–Trinajstić information content (AvgIpc) is 2.52. The van der Waals surface area contributed by atoms with Crippen molar-refractivity contribution in [3.8, 4) is 0 Å². The molecule has 2 amide bonds. The van der Waals surface area contributed by atoms with Crippen molar-refractivity contribution in [1.29, 1.82) is 0 Å². The monoisotopic (exact) mass is 388 g/mol. The maximum Gasteiger partial charge on any atom is 0.433 e. The lowest BCUT2D eigenvalue weighted by Gasteiger charge is -2.36. The van der Waals surface area contributed by atoms with Crippen LogP contribution in [0.1, 0.15) is 49.2 Å². The van der Waals surface area contributed by atoms with Gasteiger partial charge in [0.15, 0.2) is 0 Å². The maximum absolute atomic E-state index is 13.0. The summed E-state index contributed by atoms with van der Waals surface area (Å²) in [5, 5.41) is 0. The summed E-state index contributed by atoms with van der Waals surface area (Å²) in [6, 6.07) is 1.81. The summed E-state index contributed by atoms with van der Waals surface area (Å²) in [5.41, 5.74) is 8.51. The second kappa shape index (κ2) is 7.61. The summed E-state index contributed by atoms with van der Waals surface area (Å²) >= 11 is 0. The molecule has 1 saturated heterocycles. The molecule has 27 heavy (non-hydrogen) atoms. The Morgan fingerprint density at radius 2 is 1.81 bits per heavy atom. The highest BCUT2D eigenvalue weighted by Gasteiger charge is 2.35. The summed E-state index contributed by atoms with van der Waals surface area (Å²) in [7, 11) is 0. The van der Waals surface area contributed by atoms with E-state index in [1.54, 1.807) is 18.7 Å². The number of ether oxygens (including phenoxy) is 1. The molecule has 0 radical (unpaired) electrons. The number of carbonyl (C=O) groups is 2. The first-order valence-corrected chi connectivity index (χ1v) is 8.50. The van der Waals surface area contributed by atoms with Crippen molar-refractivity contribution in [3.63, 3.8) is 0 Å². The second-order valence-corrected chi connectivity index (χ2v) is 7.25. The molecule has 0 atom stereocenters. The third kappa shape index (κ3) is 5.48. The zero-order valence-electron chi connectivity index (χ0n) is 15.2. The Labute approximate surface area is 154 Å². The Bertz CT molecular complexity index is 714. The fourth-order valence-corrected chi connectivity index (χ4v) is 3.40. The van der Waals surface area contributed by atoms with E-state index in [2.05, 4.69) is 4.98 Å². The molecule has 7 nitrogen and oxygen atoms in total. The number of amides is 2. The van der Waals surface area contributed by atoms with Gasteiger partial charge >= 0.3 is 12.3 Å². The second-order valence-electron chi connectivity index (χ2n) is 7.25. The largest absolute Gasteiger partial charge is 0.444 e. The molecule has 1 aromatic rings. The molecule has 2 heterocycles. The van der Waals surface area contributed by atoms with Gasteiger partial charge in [-0.25, -0.2) is 9.78 Å². The molecule has 0 aliphatic carbocycles. The highest BCUT2D eigenvalue weighted by Crippen LogP contribution is 2.33. The van der Waals surface area contributed by atoms with E-state index in [0.717, 1.165) is 12.1 Å². The molecule has 2 rings (SSSR count). The van der Waals surface area contributed by atoms with E-state index >= 15 is 0 Å². The normalized spacial score (nSPS) is 16.3. The van der Waals surface area contributed by atoms with E-state index in [4.69, 9.17) is 16.2 Å². The maximum atomic E-state index is 13.0. The summed E-state index contributed by atoms with van der Waals surface area (Å²) < 4.78 is 44.0. The van der Waals surface area contributed by atoms with Gasteiger partial charge in [0.2, 0.25) is 0 Å². The smallest absolute Gasteiger partial charge is 0.433 e. The van der Waals surface area contributed by atoms with Gasteiger partial charge in [-0.2, -0.15) is 13.2 Å². The number of anilines is 1. The Hall–Kier alpha value is -2.52. The molecule has 0 unspecified atom stereocenters. The summed E-state index contributed by atoms with van der Waals surface area (Å²) in [6.45, 7) is 4.32. The van der Waals surface area contributed by atoms with Crippen molar-refractivity contribution >= 4 is 17.8 Å². The Morgan fingerprint density at radius 3 is 2.30 bits per heavy atom. The zero-order valence-corrected chi connectivity index (χ0v) is 15.2. The molecule has 1 fully saturated rings. The third-order valence-electron chi connectivity index (χ3n) is 4.50. The molecule has 1 aliphatic rings. The number of hydrogen-bond acceptors (Lipinski definition) is 5. The van der Waals surface area contributed by atoms with Crippen LogP contribution < -0.4 is 16.4 Å². The lowest BCUT2D eigenvalue weighted by molar-refractivity contribution is -0.141. The quantitative estimate of drug-likeness (QED) is 0.805. The highest BCUT2D eigenvalue weighted by atomic mass is 19.4. The van der Waals surface area contributed by atoms with Gasteiger partial charge in [0.1, 0.15) is 17.1 Å². The van der Waals surface area contributed by atoms with Crippen LogP contribution in [0.2, 0.25) is 0 Å². The fraction of sp³-hybridized carbons (Fsp3) is 0.588. The van der Waals surface area contributed by atoms with Crippen LogP contribution in [0.3, 0.4) is 0 Å². The molecule has 4 N–H and O–H groups in total. The molecule has 0 aromatic carbocycles. The van der Waals surface area contributed by atoms with E-state index < -0.39 is 29.5 Å². The molecular weight excluding hydrogens is 365 g/mol. The minimum Gasteiger partial charge on any atom is -0.444 e. The van der Waals surface area contributed by atoms with Crippen LogP contribution in [0.5, 0.6) is 0 Å². The van der Waals surface area contributed by atoms with Gasteiger partial charge in [-0.3, -0.25) is 4.79 Å². The van der Waals surface area contributed by atoms with Gasteiger partial charge in [0.25, 0.3) is 5.91 Å². The number of hydrogen-bond donors (Lipinski definition) is 2. The molecular formula is C17H23F3N4O3. The number of alkyl halides is 3. The van der Waals surface area contributed by atoms with Crippen LogP contribution in [-0.4, -0.2) is 35.7 Å². The first-order chi connectivity index (χ1) is 12.4. The number of nitrogens with two attached hydrogens (primary N) is 2. The van der Waals surface area contributed by atoms with Gasteiger partial charge in [-0.05, 0) is 51.2 Å². The summed E-state index contributed by atoms with van der Waals surface area (Å²) in [6.07, 6.45) is -3.61. The minimum atomic E-state index is -4.61. The van der Waals surface area contributed by atoms with Crippen LogP contribution in [-0.2, 0) is 10.9 Å². The number of halogens is 3. The first-order valence-electron chi connectivity index (χ1n) is 8.50. The molecule has 150 valence electrons. The van der Waals surface area contributed by atoms with E-state index in [1.165, 1.54) is 0 Å². The topological polar surface area (TPSA) is 112 Å². The first kappa shape index (κ1) is 20.8. The average molecular weight is 388 g/mol. The Balaban J connectivity index is 2.13.